The lowest BCUT2D eigenvalue weighted by molar-refractivity contribution is -0.125. The average molecular weight is 399 g/mol. The number of anilines is 1. The lowest BCUT2D eigenvalue weighted by Crippen LogP contribution is -2.40. The van der Waals surface area contributed by atoms with Crippen LogP contribution < -0.4 is 14.8 Å². The van der Waals surface area contributed by atoms with E-state index in [-0.39, 0.29) is 12.5 Å². The number of carbonyl (C=O) groups excluding carboxylic acids is 1. The fourth-order valence-electron chi connectivity index (χ4n) is 3.18. The summed E-state index contributed by atoms with van der Waals surface area (Å²) in [4.78, 5) is 17.3. The van der Waals surface area contributed by atoms with Crippen LogP contribution in [-0.4, -0.2) is 28.8 Å². The molecule has 1 aromatic heterocycles. The van der Waals surface area contributed by atoms with Crippen LogP contribution in [0.5, 0.6) is 11.5 Å². The van der Waals surface area contributed by atoms with Gasteiger partial charge >= 0.3 is 0 Å². The zero-order valence-electron chi connectivity index (χ0n) is 15.8. The Kier molecular flexibility index (Phi) is 4.61. The van der Waals surface area contributed by atoms with Crippen LogP contribution in [-0.2, 0) is 4.79 Å². The fraction of sp³-hybridized carbons (Fsp3) is 0.0870. The molecule has 1 atom stereocenters. The molecule has 7 nitrogen and oxygen atoms in total. The number of nitrogens with one attached hydrogen (secondary N) is 1. The quantitative estimate of drug-likeness (QED) is 0.554. The fourth-order valence-corrected chi connectivity index (χ4v) is 3.18. The standard InChI is InChI=1S/C23H17N3O4/c27-22(20-14-28-18-12-6-7-13-19(18)29-20)24-17-11-5-4-10-16(17)23-25-21(26-30-23)15-8-2-1-3-9-15/h1-13,20H,14H2,(H,24,27)/t20-/m1/s1. The Labute approximate surface area is 172 Å². The highest BCUT2D eigenvalue weighted by atomic mass is 16.6. The number of fused-ring (bicyclic) bond motifs is 1. The summed E-state index contributed by atoms with van der Waals surface area (Å²) in [5.41, 5.74) is 2.02. The van der Waals surface area contributed by atoms with Crippen molar-refractivity contribution in [3.63, 3.8) is 0 Å². The number of ether oxygens (including phenoxy) is 2. The number of hydrogen-bond acceptors (Lipinski definition) is 6. The summed E-state index contributed by atoms with van der Waals surface area (Å²) in [6, 6.07) is 24.0. The molecular formula is C23H17N3O4. The third-order valence-corrected chi connectivity index (χ3v) is 4.67. The molecule has 1 N–H and O–H groups in total. The van der Waals surface area contributed by atoms with Crippen LogP contribution in [0.1, 0.15) is 0 Å². The molecule has 7 heteroatoms. The van der Waals surface area contributed by atoms with Gasteiger partial charge in [-0.25, -0.2) is 0 Å². The van der Waals surface area contributed by atoms with Gasteiger partial charge in [-0.05, 0) is 24.3 Å². The van der Waals surface area contributed by atoms with Crippen molar-refractivity contribution in [3.8, 4) is 34.3 Å². The third kappa shape index (κ3) is 3.48. The van der Waals surface area contributed by atoms with E-state index in [2.05, 4.69) is 15.5 Å². The normalized spacial score (nSPS) is 14.9. The summed E-state index contributed by atoms with van der Waals surface area (Å²) in [5, 5.41) is 6.94. The van der Waals surface area contributed by atoms with Crippen molar-refractivity contribution < 1.29 is 18.8 Å². The van der Waals surface area contributed by atoms with Crippen molar-refractivity contribution in [3.05, 3.63) is 78.9 Å². The molecule has 0 spiro atoms. The van der Waals surface area contributed by atoms with Gasteiger partial charge in [0.05, 0.1) is 11.3 Å². The van der Waals surface area contributed by atoms with Gasteiger partial charge in [0.25, 0.3) is 11.8 Å². The van der Waals surface area contributed by atoms with E-state index in [4.69, 9.17) is 14.0 Å². The Morgan fingerprint density at radius 2 is 1.63 bits per heavy atom. The smallest absolute Gasteiger partial charge is 0.269 e. The maximum absolute atomic E-state index is 12.8. The predicted molar refractivity (Wildman–Crippen MR) is 110 cm³/mol. The largest absolute Gasteiger partial charge is 0.485 e. The predicted octanol–water partition coefficient (Wildman–Crippen LogP) is 4.18. The van der Waals surface area contributed by atoms with Gasteiger partial charge in [-0.15, -0.1) is 0 Å². The van der Waals surface area contributed by atoms with Gasteiger partial charge in [-0.1, -0.05) is 59.8 Å². The van der Waals surface area contributed by atoms with E-state index in [1.165, 1.54) is 0 Å². The number of aromatic nitrogens is 2. The zero-order valence-corrected chi connectivity index (χ0v) is 15.8. The number of benzene rings is 3. The van der Waals surface area contributed by atoms with Gasteiger partial charge in [-0.2, -0.15) is 4.98 Å². The number of carbonyl (C=O) groups is 1. The summed E-state index contributed by atoms with van der Waals surface area (Å²) in [6.45, 7) is 0.129. The molecule has 0 unspecified atom stereocenters. The summed E-state index contributed by atoms with van der Waals surface area (Å²) in [6.07, 6.45) is -0.768. The lowest BCUT2D eigenvalue weighted by Gasteiger charge is -2.25. The van der Waals surface area contributed by atoms with E-state index < -0.39 is 6.10 Å². The minimum atomic E-state index is -0.768. The highest BCUT2D eigenvalue weighted by Gasteiger charge is 2.28. The second kappa shape index (κ2) is 7.71. The van der Waals surface area contributed by atoms with E-state index in [1.54, 1.807) is 18.2 Å². The monoisotopic (exact) mass is 399 g/mol. The van der Waals surface area contributed by atoms with Gasteiger partial charge < -0.3 is 19.3 Å². The molecule has 0 aliphatic carbocycles. The topological polar surface area (TPSA) is 86.5 Å². The lowest BCUT2D eigenvalue weighted by atomic mass is 10.1. The molecule has 0 radical (unpaired) electrons. The Morgan fingerprint density at radius 3 is 2.50 bits per heavy atom. The molecule has 3 aromatic carbocycles. The number of amides is 1. The molecule has 148 valence electrons. The van der Waals surface area contributed by atoms with Crippen LogP contribution in [0.4, 0.5) is 5.69 Å². The Morgan fingerprint density at radius 1 is 0.900 bits per heavy atom. The third-order valence-electron chi connectivity index (χ3n) is 4.67. The summed E-state index contributed by atoms with van der Waals surface area (Å²) < 4.78 is 16.9. The minimum absolute atomic E-state index is 0.129. The first-order chi connectivity index (χ1) is 14.8. The second-order valence-corrected chi connectivity index (χ2v) is 6.69. The van der Waals surface area contributed by atoms with E-state index in [0.717, 1.165) is 5.56 Å². The Balaban J connectivity index is 1.37. The van der Waals surface area contributed by atoms with Crippen LogP contribution in [0, 0.1) is 0 Å². The van der Waals surface area contributed by atoms with Crippen LogP contribution >= 0.6 is 0 Å². The van der Waals surface area contributed by atoms with E-state index >= 15 is 0 Å². The van der Waals surface area contributed by atoms with Crippen molar-refractivity contribution in [2.24, 2.45) is 0 Å². The molecule has 0 bridgehead atoms. The van der Waals surface area contributed by atoms with Crippen molar-refractivity contribution in [2.45, 2.75) is 6.10 Å². The molecule has 1 aliphatic rings. The van der Waals surface area contributed by atoms with Gasteiger partial charge in [0.15, 0.2) is 11.5 Å². The highest BCUT2D eigenvalue weighted by Crippen LogP contribution is 2.32. The van der Waals surface area contributed by atoms with Crippen LogP contribution in [0.15, 0.2) is 83.4 Å². The molecule has 5 rings (SSSR count). The first-order valence-electron chi connectivity index (χ1n) is 9.46. The average Bonchev–Trinajstić information content (AvgIpc) is 3.30. The molecular weight excluding hydrogens is 382 g/mol. The zero-order chi connectivity index (χ0) is 20.3. The maximum atomic E-state index is 12.8. The number of rotatable bonds is 4. The first-order valence-corrected chi connectivity index (χ1v) is 9.46. The van der Waals surface area contributed by atoms with Crippen LogP contribution in [0.25, 0.3) is 22.8 Å². The van der Waals surface area contributed by atoms with Gasteiger partial charge in [0.1, 0.15) is 6.61 Å². The summed E-state index contributed by atoms with van der Waals surface area (Å²) in [5.74, 6) is 1.64. The van der Waals surface area contributed by atoms with E-state index in [1.807, 2.05) is 60.7 Å². The number of nitrogens with zero attached hydrogens (tertiary/aromatic N) is 2. The van der Waals surface area contributed by atoms with Crippen LogP contribution in [0.2, 0.25) is 0 Å². The molecule has 1 amide bonds. The highest BCUT2D eigenvalue weighted by molar-refractivity contribution is 5.97. The van der Waals surface area contributed by atoms with E-state index in [0.29, 0.717) is 34.5 Å². The Hall–Kier alpha value is -4.13. The van der Waals surface area contributed by atoms with Gasteiger partial charge in [0, 0.05) is 5.56 Å². The maximum Gasteiger partial charge on any atom is 0.269 e. The molecule has 0 saturated carbocycles. The summed E-state index contributed by atoms with van der Waals surface area (Å²) in [7, 11) is 0. The van der Waals surface area contributed by atoms with Crippen molar-refractivity contribution in [1.29, 1.82) is 0 Å². The molecule has 4 aromatic rings. The van der Waals surface area contributed by atoms with Gasteiger partial charge in [0.2, 0.25) is 11.9 Å². The molecule has 1 aliphatic heterocycles. The number of hydrogen-bond donors (Lipinski definition) is 1. The molecule has 0 saturated heterocycles. The molecule has 2 heterocycles. The van der Waals surface area contributed by atoms with Crippen LogP contribution in [0.3, 0.4) is 0 Å². The SMILES string of the molecule is O=C(Nc1ccccc1-c1nc(-c2ccccc2)no1)[C@H]1COc2ccccc2O1. The molecule has 30 heavy (non-hydrogen) atoms. The van der Waals surface area contributed by atoms with Crippen molar-refractivity contribution in [1.82, 2.24) is 10.1 Å². The second-order valence-electron chi connectivity index (χ2n) is 6.69. The molecule has 0 fully saturated rings. The van der Waals surface area contributed by atoms with Crippen molar-refractivity contribution >= 4 is 11.6 Å². The minimum Gasteiger partial charge on any atom is -0.485 e. The summed E-state index contributed by atoms with van der Waals surface area (Å²) >= 11 is 0. The Bertz CT molecular complexity index is 1190. The first kappa shape index (κ1) is 17.9. The number of para-hydroxylation sites is 3. The van der Waals surface area contributed by atoms with Crippen molar-refractivity contribution in [2.75, 3.05) is 11.9 Å². The van der Waals surface area contributed by atoms with E-state index in [9.17, 15) is 4.79 Å². The van der Waals surface area contributed by atoms with Gasteiger partial charge in [-0.3, -0.25) is 4.79 Å².